The average Bonchev–Trinajstić information content (AvgIpc) is 3.09. The van der Waals surface area contributed by atoms with E-state index in [9.17, 15) is 33.0 Å². The summed E-state index contributed by atoms with van der Waals surface area (Å²) in [4.78, 5) is 40.6. The van der Waals surface area contributed by atoms with Crippen LogP contribution in [-0.4, -0.2) is 98.9 Å². The lowest BCUT2D eigenvalue weighted by Gasteiger charge is -2.38. The van der Waals surface area contributed by atoms with Gasteiger partial charge in [0.05, 0.1) is 41.8 Å². The lowest BCUT2D eigenvalue weighted by molar-refractivity contribution is -0.139. The van der Waals surface area contributed by atoms with E-state index >= 15 is 0 Å². The molecule has 2 aliphatic heterocycles. The topological polar surface area (TPSA) is 192 Å². The van der Waals surface area contributed by atoms with Gasteiger partial charge in [-0.15, -0.1) is 0 Å². The molecule has 2 aromatic rings. The number of nitrogens with zero attached hydrogens (tertiary/aromatic N) is 2. The quantitative estimate of drug-likeness (QED) is 0.263. The normalized spacial score (nSPS) is 18.7. The van der Waals surface area contributed by atoms with Crippen molar-refractivity contribution in [3.05, 3.63) is 66.3 Å². The fourth-order valence-electron chi connectivity index (χ4n) is 4.98. The number of sulfonamides is 1. The first-order valence-electron chi connectivity index (χ1n) is 13.5. The fourth-order valence-corrected chi connectivity index (χ4v) is 5.71. The Morgan fingerprint density at radius 2 is 1.91 bits per heavy atom. The second-order valence-corrected chi connectivity index (χ2v) is 11.8. The largest absolute Gasteiger partial charge is 0.493 e. The van der Waals surface area contributed by atoms with Crippen molar-refractivity contribution in [2.24, 2.45) is 0 Å². The molecule has 0 radical (unpaired) electrons. The van der Waals surface area contributed by atoms with Crippen molar-refractivity contribution in [2.45, 2.75) is 36.1 Å². The van der Waals surface area contributed by atoms with Crippen molar-refractivity contribution < 1.29 is 52.3 Å². The van der Waals surface area contributed by atoms with E-state index in [0.29, 0.717) is 11.1 Å². The lowest BCUT2D eigenvalue weighted by Crippen LogP contribution is -2.54. The van der Waals surface area contributed by atoms with Crippen LogP contribution in [0.1, 0.15) is 28.8 Å². The standard InChI is InChI=1S/C29H33N3O11S/c1-4-11-42-29(38)32-22-15-25(43-16-19(33)13-26(34)35)24(41-3)14-21(22)27(36)31-10-9-18(12-23(31)28(32)37)17-5-7-20(8-6-17)44(39,40)30-2/h4-9,14-15,19,23,28,30,33,37H,1,10-13,16H2,2-3H3,(H,34,35)/t19-,23-,28?/m0/s1. The molecule has 44 heavy (non-hydrogen) atoms. The number of aliphatic hydroxyl groups excluding tert-OH is 2. The van der Waals surface area contributed by atoms with Crippen molar-refractivity contribution in [1.82, 2.24) is 9.62 Å². The lowest BCUT2D eigenvalue weighted by atomic mass is 9.93. The van der Waals surface area contributed by atoms with Gasteiger partial charge in [-0.2, -0.15) is 0 Å². The van der Waals surface area contributed by atoms with Gasteiger partial charge in [0, 0.05) is 12.6 Å². The van der Waals surface area contributed by atoms with Crippen molar-refractivity contribution in [3.63, 3.8) is 0 Å². The summed E-state index contributed by atoms with van der Waals surface area (Å²) in [6.45, 7) is 2.97. The first kappa shape index (κ1) is 32.5. The van der Waals surface area contributed by atoms with E-state index in [0.717, 1.165) is 4.90 Å². The number of carbonyl (C=O) groups is 3. The van der Waals surface area contributed by atoms with E-state index in [1.54, 1.807) is 18.2 Å². The zero-order valence-electron chi connectivity index (χ0n) is 24.0. The number of fused-ring (bicyclic) bond motifs is 2. The van der Waals surface area contributed by atoms with Gasteiger partial charge in [-0.1, -0.05) is 30.9 Å². The third-order valence-electron chi connectivity index (χ3n) is 7.17. The number of methoxy groups -OCH3 is 1. The van der Waals surface area contributed by atoms with Gasteiger partial charge in [0.15, 0.2) is 17.7 Å². The average molecular weight is 632 g/mol. The summed E-state index contributed by atoms with van der Waals surface area (Å²) in [7, 11) is -1.02. The summed E-state index contributed by atoms with van der Waals surface area (Å²) >= 11 is 0. The number of hydrogen-bond acceptors (Lipinski definition) is 10. The van der Waals surface area contributed by atoms with E-state index in [1.165, 1.54) is 49.4 Å². The summed E-state index contributed by atoms with van der Waals surface area (Å²) in [6, 6.07) is 7.80. The van der Waals surface area contributed by atoms with Crippen LogP contribution in [0.2, 0.25) is 0 Å². The predicted octanol–water partition coefficient (Wildman–Crippen LogP) is 1.58. The molecule has 3 atom stereocenters. The summed E-state index contributed by atoms with van der Waals surface area (Å²) < 4.78 is 42.8. The van der Waals surface area contributed by atoms with Crippen LogP contribution in [0.4, 0.5) is 10.5 Å². The molecule has 0 aliphatic carbocycles. The first-order valence-corrected chi connectivity index (χ1v) is 14.9. The fraction of sp³-hybridized carbons (Fsp3) is 0.345. The highest BCUT2D eigenvalue weighted by molar-refractivity contribution is 7.89. The molecule has 0 bridgehead atoms. The highest BCUT2D eigenvalue weighted by Crippen LogP contribution is 2.42. The summed E-state index contributed by atoms with van der Waals surface area (Å²) in [5.74, 6) is -1.71. The molecule has 0 fully saturated rings. The third-order valence-corrected chi connectivity index (χ3v) is 8.60. The molecule has 236 valence electrons. The first-order chi connectivity index (χ1) is 20.9. The minimum absolute atomic E-state index is 0.00383. The van der Waals surface area contributed by atoms with Crippen molar-refractivity contribution in [1.29, 1.82) is 0 Å². The molecule has 0 saturated heterocycles. The molecule has 15 heteroatoms. The highest BCUT2D eigenvalue weighted by atomic mass is 32.2. The van der Waals surface area contributed by atoms with Crippen LogP contribution in [0.5, 0.6) is 11.5 Å². The summed E-state index contributed by atoms with van der Waals surface area (Å²) in [5.41, 5.74) is 1.32. The van der Waals surface area contributed by atoms with Gasteiger partial charge >= 0.3 is 12.1 Å². The molecular weight excluding hydrogens is 598 g/mol. The Balaban J connectivity index is 1.74. The smallest absolute Gasteiger partial charge is 0.416 e. The van der Waals surface area contributed by atoms with Gasteiger partial charge in [-0.05, 0) is 42.8 Å². The number of carbonyl (C=O) groups excluding carboxylic acids is 2. The number of anilines is 1. The maximum atomic E-state index is 13.9. The second kappa shape index (κ2) is 13.5. The van der Waals surface area contributed by atoms with Crippen molar-refractivity contribution >= 4 is 39.3 Å². The van der Waals surface area contributed by atoms with Crippen LogP contribution >= 0.6 is 0 Å². The number of benzene rings is 2. The molecule has 2 aromatic carbocycles. The van der Waals surface area contributed by atoms with Crippen LogP contribution in [0.3, 0.4) is 0 Å². The number of aliphatic hydroxyl groups is 2. The Bertz CT molecular complexity index is 1570. The number of carboxylic acid groups (broad SMARTS) is 1. The number of nitrogens with one attached hydrogen (secondary N) is 1. The van der Waals surface area contributed by atoms with Crippen LogP contribution in [0.15, 0.2) is 60.0 Å². The monoisotopic (exact) mass is 631 g/mol. The molecule has 4 rings (SSSR count). The van der Waals surface area contributed by atoms with E-state index in [4.69, 9.17) is 19.3 Å². The van der Waals surface area contributed by atoms with E-state index in [2.05, 4.69) is 11.3 Å². The summed E-state index contributed by atoms with van der Waals surface area (Å²) in [5, 5.41) is 30.6. The van der Waals surface area contributed by atoms with Gasteiger partial charge in [0.1, 0.15) is 13.2 Å². The number of carboxylic acids is 1. The van der Waals surface area contributed by atoms with E-state index in [-0.39, 0.29) is 47.2 Å². The predicted molar refractivity (Wildman–Crippen MR) is 157 cm³/mol. The Morgan fingerprint density at radius 3 is 2.52 bits per heavy atom. The number of amides is 2. The Hall–Kier alpha value is -4.44. The van der Waals surface area contributed by atoms with Gasteiger partial charge in [0.25, 0.3) is 5.91 Å². The number of rotatable bonds is 11. The van der Waals surface area contributed by atoms with Crippen molar-refractivity contribution in [2.75, 3.05) is 38.8 Å². The van der Waals surface area contributed by atoms with Crippen molar-refractivity contribution in [3.8, 4) is 11.5 Å². The molecule has 2 heterocycles. The minimum Gasteiger partial charge on any atom is -0.493 e. The zero-order chi connectivity index (χ0) is 32.2. The second-order valence-electron chi connectivity index (χ2n) is 9.92. The molecule has 1 unspecified atom stereocenters. The highest BCUT2D eigenvalue weighted by Gasteiger charge is 2.44. The van der Waals surface area contributed by atoms with Gasteiger partial charge < -0.3 is 34.4 Å². The molecule has 2 aliphatic rings. The molecule has 0 saturated carbocycles. The molecular formula is C29H33N3O11S. The zero-order valence-corrected chi connectivity index (χ0v) is 24.8. The Kier molecular flexibility index (Phi) is 9.94. The van der Waals surface area contributed by atoms with Gasteiger partial charge in [-0.3, -0.25) is 9.59 Å². The van der Waals surface area contributed by atoms with E-state index < -0.39 is 59.4 Å². The van der Waals surface area contributed by atoms with E-state index in [1.807, 2.05) is 0 Å². The minimum atomic E-state index is -3.65. The van der Waals surface area contributed by atoms with Crippen LogP contribution in [0.25, 0.3) is 5.57 Å². The SMILES string of the molecule is C=CCOC(=O)N1c2cc(OC[C@@H](O)CC(=O)O)c(OC)cc2C(=O)N2CC=C(c3ccc(S(=O)(=O)NC)cc3)C[C@H]2C1O. The molecule has 2 amide bonds. The molecule has 4 N–H and O–H groups in total. The number of ether oxygens (including phenoxy) is 3. The molecule has 14 nitrogen and oxygen atoms in total. The maximum absolute atomic E-state index is 13.9. The molecule has 0 spiro atoms. The van der Waals surface area contributed by atoms with Crippen LogP contribution in [-0.2, 0) is 19.6 Å². The number of hydrogen-bond donors (Lipinski definition) is 4. The van der Waals surface area contributed by atoms with Crippen LogP contribution < -0.4 is 19.1 Å². The van der Waals surface area contributed by atoms with Crippen LogP contribution in [0, 0.1) is 0 Å². The Morgan fingerprint density at radius 1 is 1.20 bits per heavy atom. The van der Waals surface area contributed by atoms with Gasteiger partial charge in [0.2, 0.25) is 10.0 Å². The molecule has 0 aromatic heterocycles. The number of aliphatic carboxylic acids is 1. The summed E-state index contributed by atoms with van der Waals surface area (Å²) in [6.07, 6.45) is -1.30. The van der Waals surface area contributed by atoms with Gasteiger partial charge in [-0.25, -0.2) is 22.8 Å². The Labute approximate surface area is 253 Å². The third kappa shape index (κ3) is 6.70. The maximum Gasteiger partial charge on any atom is 0.416 e.